The minimum absolute atomic E-state index is 0.328. The van der Waals surface area contributed by atoms with Crippen LogP contribution in [0.25, 0.3) is 4.96 Å². The number of nitrogens with zero attached hydrogens (tertiary/aromatic N) is 2. The van der Waals surface area contributed by atoms with Gasteiger partial charge in [0.25, 0.3) is 0 Å². The second-order valence-corrected chi connectivity index (χ2v) is 5.20. The van der Waals surface area contributed by atoms with Crippen LogP contribution in [0.4, 0.5) is 0 Å². The molecule has 0 aliphatic heterocycles. The van der Waals surface area contributed by atoms with Crippen molar-refractivity contribution < 1.29 is 4.74 Å². The van der Waals surface area contributed by atoms with Crippen LogP contribution in [-0.2, 0) is 11.3 Å². The number of hydrogen-bond acceptors (Lipinski definition) is 4. The molecule has 0 spiro atoms. The van der Waals surface area contributed by atoms with Crippen molar-refractivity contribution in [2.75, 3.05) is 0 Å². The molecule has 0 amide bonds. The summed E-state index contributed by atoms with van der Waals surface area (Å²) >= 11 is 1.64. The van der Waals surface area contributed by atoms with E-state index in [-0.39, 0.29) is 0 Å². The van der Waals surface area contributed by atoms with E-state index in [0.717, 1.165) is 29.9 Å². The molecule has 1 aliphatic carbocycles. The van der Waals surface area contributed by atoms with Crippen LogP contribution in [0.3, 0.4) is 0 Å². The van der Waals surface area contributed by atoms with E-state index >= 15 is 0 Å². The van der Waals surface area contributed by atoms with E-state index in [2.05, 4.69) is 4.98 Å². The lowest BCUT2D eigenvalue weighted by Gasteiger charge is -2.09. The summed E-state index contributed by atoms with van der Waals surface area (Å²) in [6.45, 7) is 0.603. The molecule has 4 nitrogen and oxygen atoms in total. The zero-order chi connectivity index (χ0) is 11.0. The molecule has 16 heavy (non-hydrogen) atoms. The Morgan fingerprint density at radius 3 is 3.25 bits per heavy atom. The van der Waals surface area contributed by atoms with E-state index in [1.165, 1.54) is 0 Å². The number of fused-ring (bicyclic) bond motifs is 1. The maximum atomic E-state index is 5.84. The maximum Gasteiger partial charge on any atom is 0.193 e. The molecule has 2 N–H and O–H groups in total. The Kier molecular flexibility index (Phi) is 2.67. The Labute approximate surface area is 98.0 Å². The lowest BCUT2D eigenvalue weighted by Crippen LogP contribution is -2.17. The van der Waals surface area contributed by atoms with Crippen molar-refractivity contribution in [3.8, 4) is 0 Å². The van der Waals surface area contributed by atoms with Crippen molar-refractivity contribution in [1.82, 2.24) is 9.38 Å². The van der Waals surface area contributed by atoms with E-state index < -0.39 is 0 Å². The highest BCUT2D eigenvalue weighted by Crippen LogP contribution is 2.21. The molecule has 2 aromatic heterocycles. The van der Waals surface area contributed by atoms with Gasteiger partial charge in [-0.05, 0) is 19.3 Å². The number of thiazole rings is 1. The van der Waals surface area contributed by atoms with E-state index in [0.29, 0.717) is 18.8 Å². The summed E-state index contributed by atoms with van der Waals surface area (Å²) in [7, 11) is 0. The number of rotatable bonds is 3. The Bertz CT molecular complexity index is 450. The monoisotopic (exact) mass is 237 g/mol. The van der Waals surface area contributed by atoms with E-state index in [1.807, 2.05) is 22.2 Å². The topological polar surface area (TPSA) is 52.5 Å². The number of imidazole rings is 1. The van der Waals surface area contributed by atoms with E-state index in [9.17, 15) is 0 Å². The summed E-state index contributed by atoms with van der Waals surface area (Å²) in [6, 6.07) is 0.329. The Balaban J connectivity index is 1.60. The molecule has 2 atom stereocenters. The van der Waals surface area contributed by atoms with Gasteiger partial charge in [-0.2, -0.15) is 0 Å². The molecule has 3 rings (SSSR count). The van der Waals surface area contributed by atoms with Gasteiger partial charge in [0, 0.05) is 23.8 Å². The largest absolute Gasteiger partial charge is 0.372 e. The van der Waals surface area contributed by atoms with Gasteiger partial charge in [0.2, 0.25) is 0 Å². The van der Waals surface area contributed by atoms with Crippen molar-refractivity contribution in [2.45, 2.75) is 38.0 Å². The zero-order valence-electron chi connectivity index (χ0n) is 9.00. The quantitative estimate of drug-likeness (QED) is 0.885. The van der Waals surface area contributed by atoms with Crippen molar-refractivity contribution in [2.24, 2.45) is 5.73 Å². The average molecular weight is 237 g/mol. The van der Waals surface area contributed by atoms with Crippen LogP contribution < -0.4 is 5.73 Å². The number of nitrogens with two attached hydrogens (primary N) is 1. The summed E-state index contributed by atoms with van der Waals surface area (Å²) in [6.07, 6.45) is 7.53. The third-order valence-electron chi connectivity index (χ3n) is 3.04. The van der Waals surface area contributed by atoms with Gasteiger partial charge in [0.1, 0.15) is 0 Å². The molecular weight excluding hydrogens is 222 g/mol. The van der Waals surface area contributed by atoms with Gasteiger partial charge in [0.15, 0.2) is 4.96 Å². The van der Waals surface area contributed by atoms with Gasteiger partial charge in [-0.15, -0.1) is 11.3 Å². The van der Waals surface area contributed by atoms with Crippen LogP contribution in [0.15, 0.2) is 17.8 Å². The third-order valence-corrected chi connectivity index (χ3v) is 3.81. The lowest BCUT2D eigenvalue weighted by atomic mass is 10.3. The highest BCUT2D eigenvalue weighted by Gasteiger charge is 2.22. The molecule has 0 aromatic carbocycles. The van der Waals surface area contributed by atoms with Gasteiger partial charge in [-0.25, -0.2) is 4.98 Å². The molecule has 2 heterocycles. The van der Waals surface area contributed by atoms with E-state index in [1.54, 1.807) is 11.3 Å². The van der Waals surface area contributed by atoms with Crippen LogP contribution in [0.5, 0.6) is 0 Å². The molecule has 2 aromatic rings. The van der Waals surface area contributed by atoms with Gasteiger partial charge in [0.05, 0.1) is 18.4 Å². The first kappa shape index (κ1) is 10.3. The van der Waals surface area contributed by atoms with E-state index in [4.69, 9.17) is 10.5 Å². The normalized spacial score (nSPS) is 25.6. The lowest BCUT2D eigenvalue weighted by molar-refractivity contribution is 0.0432. The van der Waals surface area contributed by atoms with Gasteiger partial charge in [-0.3, -0.25) is 4.40 Å². The molecule has 86 valence electrons. The fraction of sp³-hybridized carbons (Fsp3) is 0.545. The summed E-state index contributed by atoms with van der Waals surface area (Å²) in [5.41, 5.74) is 6.85. The molecule has 1 aliphatic rings. The second-order valence-electron chi connectivity index (χ2n) is 4.33. The highest BCUT2D eigenvalue weighted by molar-refractivity contribution is 7.15. The summed E-state index contributed by atoms with van der Waals surface area (Å²) in [4.78, 5) is 5.51. The summed E-state index contributed by atoms with van der Waals surface area (Å²) < 4.78 is 7.84. The van der Waals surface area contributed by atoms with Gasteiger partial charge in [-0.1, -0.05) is 0 Å². The van der Waals surface area contributed by atoms with Crippen LogP contribution in [0.1, 0.15) is 25.0 Å². The summed E-state index contributed by atoms with van der Waals surface area (Å²) in [5, 5.41) is 2.03. The molecule has 0 radical (unpaired) electrons. The molecule has 1 fully saturated rings. The Morgan fingerprint density at radius 2 is 2.50 bits per heavy atom. The molecule has 1 saturated carbocycles. The van der Waals surface area contributed by atoms with Crippen molar-refractivity contribution >= 4 is 16.3 Å². The predicted octanol–water partition coefficient (Wildman–Crippen LogP) is 1.79. The molecule has 0 bridgehead atoms. The molecular formula is C11H15N3OS. The fourth-order valence-electron chi connectivity index (χ4n) is 2.17. The smallest absolute Gasteiger partial charge is 0.193 e. The molecule has 5 heteroatoms. The van der Waals surface area contributed by atoms with Gasteiger partial charge < -0.3 is 10.5 Å². The number of ether oxygens (including phenoxy) is 1. The SMILES string of the molecule is NC1CCC(OCc2cn3ccsc3n2)C1. The molecule has 0 saturated heterocycles. The number of aromatic nitrogens is 2. The van der Waals surface area contributed by atoms with Crippen LogP contribution in [-0.4, -0.2) is 21.5 Å². The first-order chi connectivity index (χ1) is 7.81. The Morgan fingerprint density at radius 1 is 1.56 bits per heavy atom. The zero-order valence-corrected chi connectivity index (χ0v) is 9.82. The minimum atomic E-state index is 0.328. The van der Waals surface area contributed by atoms with Crippen LogP contribution >= 0.6 is 11.3 Å². The summed E-state index contributed by atoms with van der Waals surface area (Å²) in [5.74, 6) is 0. The predicted molar refractivity (Wildman–Crippen MR) is 63.5 cm³/mol. The van der Waals surface area contributed by atoms with Crippen molar-refractivity contribution in [3.63, 3.8) is 0 Å². The second kappa shape index (κ2) is 4.16. The highest BCUT2D eigenvalue weighted by atomic mass is 32.1. The third kappa shape index (κ3) is 1.98. The van der Waals surface area contributed by atoms with Crippen LogP contribution in [0.2, 0.25) is 0 Å². The van der Waals surface area contributed by atoms with Crippen molar-refractivity contribution in [3.05, 3.63) is 23.5 Å². The van der Waals surface area contributed by atoms with Gasteiger partial charge >= 0.3 is 0 Å². The molecule has 2 unspecified atom stereocenters. The number of hydrogen-bond donors (Lipinski definition) is 1. The van der Waals surface area contributed by atoms with Crippen LogP contribution in [0, 0.1) is 0 Å². The standard InChI is InChI=1S/C11H15N3OS/c12-8-1-2-10(5-8)15-7-9-6-14-3-4-16-11(14)13-9/h3-4,6,8,10H,1-2,5,7,12H2. The first-order valence-corrected chi connectivity index (χ1v) is 6.47. The maximum absolute atomic E-state index is 5.84. The average Bonchev–Trinajstić information content (AvgIpc) is 2.89. The van der Waals surface area contributed by atoms with Crippen molar-refractivity contribution in [1.29, 1.82) is 0 Å². The Hall–Kier alpha value is -0.910. The minimum Gasteiger partial charge on any atom is -0.372 e. The first-order valence-electron chi connectivity index (χ1n) is 5.59. The fourth-order valence-corrected chi connectivity index (χ4v) is 2.89.